The van der Waals surface area contributed by atoms with Crippen LogP contribution in [0.15, 0.2) is 212 Å². The van der Waals surface area contributed by atoms with Crippen LogP contribution in [0, 0.1) is 0 Å². The molecule has 0 fully saturated rings. The Hall–Kier alpha value is -7.53. The first-order chi connectivity index (χ1) is 29.7. The van der Waals surface area contributed by atoms with Crippen LogP contribution in [0.3, 0.4) is 0 Å². The molecule has 3 nitrogen and oxygen atoms in total. The summed E-state index contributed by atoms with van der Waals surface area (Å²) in [7, 11) is 0. The summed E-state index contributed by atoms with van der Waals surface area (Å²) in [4.78, 5) is 15.4. The van der Waals surface area contributed by atoms with E-state index < -0.39 is 5.41 Å². The standard InChI is InChI=1S/C56H35N3S/c1-3-16-37(17-4-1)53-57-54(40-28-27-36-15-7-8-18-38(36)33-40)59-55(58-53)46-24-10-9-21-43(46)39-29-31-51-47(34-39)48-35-42(30-32-52(48)60-51)56(41-19-5-2-6-20-41)49-25-13-11-22-44(49)45-23-12-14-26-50(45)56/h1-35H. The molecule has 1 aliphatic carbocycles. The molecule has 1 aliphatic rings. The number of benzene rings is 9. The smallest absolute Gasteiger partial charge is 0.164 e. The van der Waals surface area contributed by atoms with Gasteiger partial charge in [0.2, 0.25) is 0 Å². The van der Waals surface area contributed by atoms with E-state index in [2.05, 4.69) is 194 Å². The third-order valence-corrected chi connectivity index (χ3v) is 13.4. The zero-order valence-electron chi connectivity index (χ0n) is 32.5. The van der Waals surface area contributed by atoms with Crippen molar-refractivity contribution in [2.75, 3.05) is 0 Å². The molecule has 0 atom stereocenters. The fourth-order valence-electron chi connectivity index (χ4n) is 9.49. The van der Waals surface area contributed by atoms with E-state index in [9.17, 15) is 0 Å². The third kappa shape index (κ3) is 5.38. The molecule has 0 saturated carbocycles. The first kappa shape index (κ1) is 34.5. The molecule has 0 unspecified atom stereocenters. The van der Waals surface area contributed by atoms with Crippen molar-refractivity contribution in [3.8, 4) is 56.4 Å². The predicted octanol–water partition coefficient (Wildman–Crippen LogP) is 14.4. The van der Waals surface area contributed by atoms with Gasteiger partial charge < -0.3 is 0 Å². The molecule has 0 N–H and O–H groups in total. The molecule has 0 amide bonds. The van der Waals surface area contributed by atoms with Gasteiger partial charge in [0.25, 0.3) is 0 Å². The van der Waals surface area contributed by atoms with E-state index in [1.54, 1.807) is 0 Å². The number of fused-ring (bicyclic) bond motifs is 7. The van der Waals surface area contributed by atoms with Crippen LogP contribution < -0.4 is 0 Å². The van der Waals surface area contributed by atoms with E-state index >= 15 is 0 Å². The largest absolute Gasteiger partial charge is 0.208 e. The summed E-state index contributed by atoms with van der Waals surface area (Å²) in [5, 5.41) is 4.83. The quantitative estimate of drug-likeness (QED) is 0.169. The molecule has 60 heavy (non-hydrogen) atoms. The summed E-state index contributed by atoms with van der Waals surface area (Å²) in [5.41, 5.74) is 12.4. The Bertz CT molecular complexity index is 3400. The van der Waals surface area contributed by atoms with Crippen LogP contribution in [0.25, 0.3) is 87.4 Å². The highest BCUT2D eigenvalue weighted by molar-refractivity contribution is 7.25. The maximum absolute atomic E-state index is 5.20. The van der Waals surface area contributed by atoms with Gasteiger partial charge in [-0.2, -0.15) is 0 Å². The zero-order valence-corrected chi connectivity index (χ0v) is 33.3. The lowest BCUT2D eigenvalue weighted by Crippen LogP contribution is -2.28. The van der Waals surface area contributed by atoms with E-state index in [1.165, 1.54) is 58.9 Å². The molecule has 280 valence electrons. The lowest BCUT2D eigenvalue weighted by molar-refractivity contribution is 0.770. The second kappa shape index (κ2) is 13.8. The Morgan fingerprint density at radius 1 is 0.317 bits per heavy atom. The van der Waals surface area contributed by atoms with Crippen molar-refractivity contribution in [1.82, 2.24) is 15.0 Å². The Balaban J connectivity index is 1.04. The number of thiophene rings is 1. The molecule has 12 rings (SSSR count). The molecule has 11 aromatic rings. The van der Waals surface area contributed by atoms with Gasteiger partial charge in [0.15, 0.2) is 17.5 Å². The second-order valence-corrected chi connectivity index (χ2v) is 16.6. The van der Waals surface area contributed by atoms with Crippen LogP contribution in [-0.4, -0.2) is 15.0 Å². The SMILES string of the molecule is c1ccc(-c2nc(-c3ccc4ccccc4c3)nc(-c3ccccc3-c3ccc4sc5ccc(C6(c7ccccc7)c7ccccc7-c7ccccc76)cc5c4c3)n2)cc1. The monoisotopic (exact) mass is 781 g/mol. The van der Waals surface area contributed by atoms with Crippen molar-refractivity contribution in [3.63, 3.8) is 0 Å². The third-order valence-electron chi connectivity index (χ3n) is 12.2. The predicted molar refractivity (Wildman–Crippen MR) is 249 cm³/mol. The lowest BCUT2D eigenvalue weighted by atomic mass is 9.67. The molecule has 0 aliphatic heterocycles. The van der Waals surface area contributed by atoms with Gasteiger partial charge in [-0.15, -0.1) is 11.3 Å². The van der Waals surface area contributed by atoms with Crippen LogP contribution in [0.4, 0.5) is 0 Å². The van der Waals surface area contributed by atoms with Crippen LogP contribution in [0.1, 0.15) is 22.3 Å². The van der Waals surface area contributed by atoms with Crippen molar-refractivity contribution in [2.45, 2.75) is 5.41 Å². The highest BCUT2D eigenvalue weighted by Gasteiger charge is 2.46. The fraction of sp³-hybridized carbons (Fsp3) is 0.0179. The van der Waals surface area contributed by atoms with E-state index in [-0.39, 0.29) is 0 Å². The highest BCUT2D eigenvalue weighted by Crippen LogP contribution is 2.56. The number of rotatable bonds is 6. The summed E-state index contributed by atoms with van der Waals surface area (Å²) in [6.45, 7) is 0. The number of aromatic nitrogens is 3. The maximum Gasteiger partial charge on any atom is 0.164 e. The van der Waals surface area contributed by atoms with E-state index in [1.807, 2.05) is 29.5 Å². The molecule has 0 spiro atoms. The van der Waals surface area contributed by atoms with Gasteiger partial charge in [-0.25, -0.2) is 15.0 Å². The van der Waals surface area contributed by atoms with E-state index in [4.69, 9.17) is 15.0 Å². The summed E-state index contributed by atoms with van der Waals surface area (Å²) >= 11 is 1.85. The van der Waals surface area contributed by atoms with Gasteiger partial charge >= 0.3 is 0 Å². The van der Waals surface area contributed by atoms with Gasteiger partial charge in [0, 0.05) is 36.9 Å². The van der Waals surface area contributed by atoms with Crippen LogP contribution >= 0.6 is 11.3 Å². The van der Waals surface area contributed by atoms with Crippen LogP contribution in [-0.2, 0) is 5.41 Å². The Morgan fingerprint density at radius 2 is 0.850 bits per heavy atom. The molecule has 2 aromatic heterocycles. The minimum atomic E-state index is -0.459. The minimum absolute atomic E-state index is 0.459. The maximum atomic E-state index is 5.20. The van der Waals surface area contributed by atoms with Crippen molar-refractivity contribution in [3.05, 3.63) is 235 Å². The minimum Gasteiger partial charge on any atom is -0.208 e. The Labute approximate surface area is 352 Å². The molecule has 0 bridgehead atoms. The van der Waals surface area contributed by atoms with Gasteiger partial charge in [0.05, 0.1) is 5.41 Å². The lowest BCUT2D eigenvalue weighted by Gasteiger charge is -2.34. The average Bonchev–Trinajstić information content (AvgIpc) is 3.85. The van der Waals surface area contributed by atoms with Crippen molar-refractivity contribution >= 4 is 42.3 Å². The van der Waals surface area contributed by atoms with Gasteiger partial charge in [0.1, 0.15) is 0 Å². The topological polar surface area (TPSA) is 38.7 Å². The Morgan fingerprint density at radius 3 is 1.58 bits per heavy atom. The van der Waals surface area contributed by atoms with Crippen molar-refractivity contribution in [2.24, 2.45) is 0 Å². The van der Waals surface area contributed by atoms with Crippen molar-refractivity contribution < 1.29 is 0 Å². The first-order valence-electron chi connectivity index (χ1n) is 20.3. The molecule has 2 heterocycles. The molecule has 0 radical (unpaired) electrons. The fourth-order valence-corrected chi connectivity index (χ4v) is 10.6. The summed E-state index contributed by atoms with van der Waals surface area (Å²) in [6, 6.07) is 76.5. The first-order valence-corrected chi connectivity index (χ1v) is 21.2. The second-order valence-electron chi connectivity index (χ2n) is 15.5. The number of nitrogens with zero attached hydrogens (tertiary/aromatic N) is 3. The summed E-state index contributed by atoms with van der Waals surface area (Å²) < 4.78 is 2.53. The van der Waals surface area contributed by atoms with Gasteiger partial charge in [-0.1, -0.05) is 182 Å². The Kier molecular flexibility index (Phi) is 7.94. The van der Waals surface area contributed by atoms with Gasteiger partial charge in [-0.05, 0) is 85.6 Å². The zero-order chi connectivity index (χ0) is 39.6. The number of hydrogen-bond donors (Lipinski definition) is 0. The molecule has 0 saturated heterocycles. The highest BCUT2D eigenvalue weighted by atomic mass is 32.1. The molecule has 4 heteroatoms. The van der Waals surface area contributed by atoms with Crippen molar-refractivity contribution in [1.29, 1.82) is 0 Å². The molecule has 9 aromatic carbocycles. The molecular weight excluding hydrogens is 747 g/mol. The number of hydrogen-bond acceptors (Lipinski definition) is 4. The molecular formula is C56H35N3S. The van der Waals surface area contributed by atoms with Crippen LogP contribution in [0.5, 0.6) is 0 Å². The van der Waals surface area contributed by atoms with Gasteiger partial charge in [-0.3, -0.25) is 0 Å². The normalized spacial score (nSPS) is 12.8. The summed E-state index contributed by atoms with van der Waals surface area (Å²) in [6.07, 6.45) is 0. The van der Waals surface area contributed by atoms with E-state index in [0.29, 0.717) is 17.5 Å². The van der Waals surface area contributed by atoms with E-state index in [0.717, 1.165) is 33.2 Å². The van der Waals surface area contributed by atoms with Crippen LogP contribution in [0.2, 0.25) is 0 Å². The average molecular weight is 782 g/mol. The summed E-state index contributed by atoms with van der Waals surface area (Å²) in [5.74, 6) is 1.94.